The molecule has 0 aliphatic rings. The van der Waals surface area contributed by atoms with Crippen LogP contribution in [-0.2, 0) is 11.3 Å². The van der Waals surface area contributed by atoms with Crippen LogP contribution in [0.5, 0.6) is 11.5 Å². The third-order valence-electron chi connectivity index (χ3n) is 2.76. The van der Waals surface area contributed by atoms with E-state index in [1.165, 1.54) is 12.0 Å². The molecule has 0 aliphatic heterocycles. The molecule has 0 aromatic heterocycles. The number of hydrogen-bond acceptors (Lipinski definition) is 4. The number of carbonyl (C=O) groups is 1. The van der Waals surface area contributed by atoms with Crippen molar-refractivity contribution in [1.82, 2.24) is 4.90 Å². The van der Waals surface area contributed by atoms with Crippen molar-refractivity contribution in [1.29, 1.82) is 0 Å². The highest BCUT2D eigenvalue weighted by Gasteiger charge is 2.15. The maximum absolute atomic E-state index is 11.4. The van der Waals surface area contributed by atoms with Gasteiger partial charge in [0.05, 0.1) is 27.9 Å². The molecule has 0 aliphatic carbocycles. The van der Waals surface area contributed by atoms with Crippen molar-refractivity contribution < 1.29 is 19.0 Å². The fourth-order valence-electron chi connectivity index (χ4n) is 1.84. The van der Waals surface area contributed by atoms with Crippen LogP contribution in [0.3, 0.4) is 0 Å². The number of amides is 1. The Morgan fingerprint density at radius 1 is 1.22 bits per heavy atom. The van der Waals surface area contributed by atoms with Crippen molar-refractivity contribution in [3.8, 4) is 11.5 Å². The van der Waals surface area contributed by atoms with Crippen LogP contribution in [0, 0.1) is 6.92 Å². The van der Waals surface area contributed by atoms with E-state index in [2.05, 4.69) is 4.74 Å². The number of ether oxygens (including phenoxy) is 3. The lowest BCUT2D eigenvalue weighted by Crippen LogP contribution is -2.26. The zero-order chi connectivity index (χ0) is 13.7. The summed E-state index contributed by atoms with van der Waals surface area (Å²) in [5.74, 6) is 1.49. The van der Waals surface area contributed by atoms with E-state index in [-0.39, 0.29) is 6.09 Å². The van der Waals surface area contributed by atoms with Gasteiger partial charge in [-0.05, 0) is 19.1 Å². The second-order valence-corrected chi connectivity index (χ2v) is 3.91. The lowest BCUT2D eigenvalue weighted by atomic mass is 10.1. The van der Waals surface area contributed by atoms with E-state index < -0.39 is 0 Å². The lowest BCUT2D eigenvalue weighted by molar-refractivity contribution is 0.131. The van der Waals surface area contributed by atoms with E-state index in [0.717, 1.165) is 22.6 Å². The van der Waals surface area contributed by atoms with Crippen LogP contribution in [0.1, 0.15) is 11.1 Å². The van der Waals surface area contributed by atoms with E-state index in [4.69, 9.17) is 9.47 Å². The Morgan fingerprint density at radius 2 is 1.89 bits per heavy atom. The molecule has 0 saturated carbocycles. The molecule has 1 aromatic carbocycles. The molecule has 0 bridgehead atoms. The number of carbonyl (C=O) groups excluding carboxylic acids is 1. The summed E-state index contributed by atoms with van der Waals surface area (Å²) in [7, 11) is 6.24. The average molecular weight is 253 g/mol. The predicted octanol–water partition coefficient (Wildman–Crippen LogP) is 2.21. The Hall–Kier alpha value is -1.91. The fraction of sp³-hybridized carbons (Fsp3) is 0.462. The van der Waals surface area contributed by atoms with Gasteiger partial charge in [-0.3, -0.25) is 0 Å². The summed E-state index contributed by atoms with van der Waals surface area (Å²) in [5.41, 5.74) is 1.82. The topological polar surface area (TPSA) is 48.0 Å². The van der Waals surface area contributed by atoms with E-state index >= 15 is 0 Å². The third-order valence-corrected chi connectivity index (χ3v) is 2.76. The highest BCUT2D eigenvalue weighted by Crippen LogP contribution is 2.31. The molecule has 1 amide bonds. The van der Waals surface area contributed by atoms with Gasteiger partial charge in [0.1, 0.15) is 11.5 Å². The van der Waals surface area contributed by atoms with Crippen molar-refractivity contribution >= 4 is 6.09 Å². The molecule has 0 fully saturated rings. The van der Waals surface area contributed by atoms with Gasteiger partial charge in [-0.2, -0.15) is 0 Å². The fourth-order valence-corrected chi connectivity index (χ4v) is 1.84. The van der Waals surface area contributed by atoms with Gasteiger partial charge in [-0.1, -0.05) is 0 Å². The zero-order valence-corrected chi connectivity index (χ0v) is 11.4. The van der Waals surface area contributed by atoms with Crippen LogP contribution in [-0.4, -0.2) is 39.4 Å². The minimum absolute atomic E-state index is 0.384. The van der Waals surface area contributed by atoms with Gasteiger partial charge in [0.25, 0.3) is 0 Å². The molecule has 0 N–H and O–H groups in total. The zero-order valence-electron chi connectivity index (χ0n) is 11.4. The van der Waals surface area contributed by atoms with Gasteiger partial charge in [0.2, 0.25) is 0 Å². The van der Waals surface area contributed by atoms with Crippen molar-refractivity contribution in [2.75, 3.05) is 28.4 Å². The minimum Gasteiger partial charge on any atom is -0.496 e. The summed E-state index contributed by atoms with van der Waals surface area (Å²) in [6.07, 6.45) is -0.384. The van der Waals surface area contributed by atoms with Crippen molar-refractivity contribution in [3.63, 3.8) is 0 Å². The Morgan fingerprint density at radius 3 is 2.39 bits per heavy atom. The SMILES string of the molecule is COC(=O)N(C)Cc1ccc(OC)c(C)c1OC. The predicted molar refractivity (Wildman–Crippen MR) is 68.2 cm³/mol. The first-order valence-corrected chi connectivity index (χ1v) is 5.54. The van der Waals surface area contributed by atoms with Gasteiger partial charge < -0.3 is 19.1 Å². The molecule has 0 atom stereocenters. The van der Waals surface area contributed by atoms with Crippen LogP contribution in [0.25, 0.3) is 0 Å². The normalized spacial score (nSPS) is 9.83. The monoisotopic (exact) mass is 253 g/mol. The molecule has 0 heterocycles. The summed E-state index contributed by atoms with van der Waals surface area (Å²) in [6, 6.07) is 3.74. The molecule has 0 spiro atoms. The number of benzene rings is 1. The molecular weight excluding hydrogens is 234 g/mol. The van der Waals surface area contributed by atoms with Crippen molar-refractivity contribution in [3.05, 3.63) is 23.3 Å². The van der Waals surface area contributed by atoms with Crippen LogP contribution in [0.4, 0.5) is 4.79 Å². The summed E-state index contributed by atoms with van der Waals surface area (Å²) in [5, 5.41) is 0. The van der Waals surface area contributed by atoms with E-state index in [1.807, 2.05) is 19.1 Å². The van der Waals surface area contributed by atoms with Crippen molar-refractivity contribution in [2.45, 2.75) is 13.5 Å². The summed E-state index contributed by atoms with van der Waals surface area (Å²) >= 11 is 0. The van der Waals surface area contributed by atoms with Crippen LogP contribution >= 0.6 is 0 Å². The minimum atomic E-state index is -0.384. The lowest BCUT2D eigenvalue weighted by Gasteiger charge is -2.19. The molecular formula is C13H19NO4. The van der Waals surface area contributed by atoms with Crippen LogP contribution in [0.2, 0.25) is 0 Å². The Labute approximate surface area is 107 Å². The van der Waals surface area contributed by atoms with Gasteiger partial charge in [-0.15, -0.1) is 0 Å². The van der Waals surface area contributed by atoms with Gasteiger partial charge in [0.15, 0.2) is 0 Å². The van der Waals surface area contributed by atoms with Gasteiger partial charge in [0, 0.05) is 18.2 Å². The molecule has 5 heteroatoms. The molecule has 0 saturated heterocycles. The number of methoxy groups -OCH3 is 3. The number of hydrogen-bond donors (Lipinski definition) is 0. The van der Waals surface area contributed by atoms with E-state index in [9.17, 15) is 4.79 Å². The first kappa shape index (κ1) is 14.2. The van der Waals surface area contributed by atoms with Crippen molar-refractivity contribution in [2.24, 2.45) is 0 Å². The maximum atomic E-state index is 11.4. The summed E-state index contributed by atoms with van der Waals surface area (Å²) in [4.78, 5) is 12.8. The first-order chi connectivity index (χ1) is 8.54. The van der Waals surface area contributed by atoms with Crippen LogP contribution < -0.4 is 9.47 Å². The Bertz CT molecular complexity index is 431. The molecule has 100 valence electrons. The Kier molecular flexibility index (Phi) is 4.83. The third kappa shape index (κ3) is 2.85. The molecule has 5 nitrogen and oxygen atoms in total. The molecule has 18 heavy (non-hydrogen) atoms. The summed E-state index contributed by atoms with van der Waals surface area (Å²) in [6.45, 7) is 2.33. The molecule has 0 unspecified atom stereocenters. The first-order valence-electron chi connectivity index (χ1n) is 5.54. The second-order valence-electron chi connectivity index (χ2n) is 3.91. The summed E-state index contributed by atoms with van der Waals surface area (Å²) < 4.78 is 15.3. The average Bonchev–Trinajstić information content (AvgIpc) is 2.38. The maximum Gasteiger partial charge on any atom is 0.409 e. The highest BCUT2D eigenvalue weighted by atomic mass is 16.5. The largest absolute Gasteiger partial charge is 0.496 e. The molecule has 1 aromatic rings. The van der Waals surface area contributed by atoms with Crippen LogP contribution in [0.15, 0.2) is 12.1 Å². The number of nitrogens with zero attached hydrogens (tertiary/aromatic N) is 1. The van der Waals surface area contributed by atoms with E-state index in [0.29, 0.717) is 6.54 Å². The molecule has 0 radical (unpaired) electrons. The number of rotatable bonds is 4. The quantitative estimate of drug-likeness (QED) is 0.825. The van der Waals surface area contributed by atoms with Gasteiger partial charge >= 0.3 is 6.09 Å². The smallest absolute Gasteiger partial charge is 0.409 e. The molecule has 1 rings (SSSR count). The van der Waals surface area contributed by atoms with Gasteiger partial charge in [-0.25, -0.2) is 4.79 Å². The van der Waals surface area contributed by atoms with E-state index in [1.54, 1.807) is 21.3 Å². The highest BCUT2D eigenvalue weighted by molar-refractivity contribution is 5.67. The standard InChI is InChI=1S/C13H19NO4/c1-9-11(16-3)7-6-10(12(9)17-4)8-14(2)13(15)18-5/h6-7H,8H2,1-5H3. The Balaban J connectivity index is 3.03. The second kappa shape index (κ2) is 6.14.